The molecule has 0 aliphatic carbocycles. The fourth-order valence-corrected chi connectivity index (χ4v) is 2.65. The van der Waals surface area contributed by atoms with Crippen LogP contribution in [0.5, 0.6) is 0 Å². The number of ether oxygens (including phenoxy) is 2. The largest absolute Gasteiger partial charge is 0.394 e. The zero-order chi connectivity index (χ0) is 17.7. The highest BCUT2D eigenvalue weighted by Crippen LogP contribution is 2.33. The SMILES string of the molecule is OC[C@@H](O)[C@@H](O)[C@@H]1O[C@](CO)(OCc2ccccc2)C[C@H](O)[C@H]1O. The van der Waals surface area contributed by atoms with Crippen LogP contribution in [0, 0.1) is 0 Å². The lowest BCUT2D eigenvalue weighted by atomic mass is 9.91. The van der Waals surface area contributed by atoms with Crippen LogP contribution in [0.4, 0.5) is 0 Å². The van der Waals surface area contributed by atoms with Crippen molar-refractivity contribution in [2.45, 2.75) is 49.3 Å². The summed E-state index contributed by atoms with van der Waals surface area (Å²) >= 11 is 0. The predicted molar refractivity (Wildman–Crippen MR) is 81.7 cm³/mol. The lowest BCUT2D eigenvalue weighted by Crippen LogP contribution is -2.62. The summed E-state index contributed by atoms with van der Waals surface area (Å²) < 4.78 is 11.1. The highest BCUT2D eigenvalue weighted by Gasteiger charge is 2.50. The van der Waals surface area contributed by atoms with Crippen molar-refractivity contribution in [1.29, 1.82) is 0 Å². The lowest BCUT2D eigenvalue weighted by molar-refractivity contribution is -0.349. The molecule has 24 heavy (non-hydrogen) atoms. The van der Waals surface area contributed by atoms with Gasteiger partial charge < -0.3 is 40.1 Å². The van der Waals surface area contributed by atoms with E-state index in [0.717, 1.165) is 5.56 Å². The van der Waals surface area contributed by atoms with Crippen LogP contribution in [0.15, 0.2) is 30.3 Å². The van der Waals surface area contributed by atoms with Crippen molar-refractivity contribution in [2.75, 3.05) is 13.2 Å². The Balaban J connectivity index is 2.13. The van der Waals surface area contributed by atoms with Crippen molar-refractivity contribution < 1.29 is 40.1 Å². The molecule has 1 aliphatic heterocycles. The molecule has 0 radical (unpaired) electrons. The average molecular weight is 344 g/mol. The number of aliphatic hydroxyl groups excluding tert-OH is 6. The Morgan fingerprint density at radius 1 is 1.17 bits per heavy atom. The van der Waals surface area contributed by atoms with Gasteiger partial charge in [0.25, 0.3) is 0 Å². The van der Waals surface area contributed by atoms with E-state index in [-0.39, 0.29) is 13.0 Å². The van der Waals surface area contributed by atoms with Gasteiger partial charge in [0.2, 0.25) is 0 Å². The van der Waals surface area contributed by atoms with E-state index in [1.54, 1.807) is 12.1 Å². The number of aliphatic hydroxyl groups is 6. The normalized spacial score (nSPS) is 33.2. The smallest absolute Gasteiger partial charge is 0.195 e. The summed E-state index contributed by atoms with van der Waals surface area (Å²) in [6.07, 6.45) is -7.71. The number of hydrogen-bond acceptors (Lipinski definition) is 8. The summed E-state index contributed by atoms with van der Waals surface area (Å²) in [5.41, 5.74) is 0.807. The Labute approximate surface area is 139 Å². The van der Waals surface area contributed by atoms with Crippen molar-refractivity contribution in [3.8, 4) is 0 Å². The number of rotatable bonds is 7. The van der Waals surface area contributed by atoms with Gasteiger partial charge in [-0.3, -0.25) is 0 Å². The van der Waals surface area contributed by atoms with Crippen LogP contribution < -0.4 is 0 Å². The molecule has 0 spiro atoms. The Morgan fingerprint density at radius 2 is 1.83 bits per heavy atom. The maximum Gasteiger partial charge on any atom is 0.195 e. The summed E-state index contributed by atoms with van der Waals surface area (Å²) in [4.78, 5) is 0. The highest BCUT2D eigenvalue weighted by molar-refractivity contribution is 5.13. The van der Waals surface area contributed by atoms with E-state index in [0.29, 0.717) is 0 Å². The fourth-order valence-electron chi connectivity index (χ4n) is 2.65. The van der Waals surface area contributed by atoms with Crippen molar-refractivity contribution in [3.05, 3.63) is 35.9 Å². The van der Waals surface area contributed by atoms with Crippen LogP contribution in [-0.2, 0) is 16.1 Å². The van der Waals surface area contributed by atoms with Crippen LogP contribution in [0.3, 0.4) is 0 Å². The van der Waals surface area contributed by atoms with E-state index in [1.807, 2.05) is 18.2 Å². The molecule has 1 aromatic carbocycles. The van der Waals surface area contributed by atoms with Gasteiger partial charge >= 0.3 is 0 Å². The van der Waals surface area contributed by atoms with Gasteiger partial charge in [-0.1, -0.05) is 30.3 Å². The number of benzene rings is 1. The Hall–Kier alpha value is -1.10. The van der Waals surface area contributed by atoms with Gasteiger partial charge in [-0.15, -0.1) is 0 Å². The van der Waals surface area contributed by atoms with Gasteiger partial charge in [0.1, 0.15) is 24.4 Å². The zero-order valence-electron chi connectivity index (χ0n) is 13.1. The standard InChI is InChI=1S/C16H24O8/c17-7-12(20)14(22)15-13(21)11(19)6-16(9-18,24-15)23-8-10-4-2-1-3-5-10/h1-5,11-15,17-22H,6-9H2/t11-,12+,13+,14+,15+,16+/m0/s1. The summed E-state index contributed by atoms with van der Waals surface area (Å²) in [5, 5.41) is 58.2. The second-order valence-corrected chi connectivity index (χ2v) is 5.93. The molecule has 8 heteroatoms. The Morgan fingerprint density at radius 3 is 2.42 bits per heavy atom. The van der Waals surface area contributed by atoms with E-state index in [9.17, 15) is 25.5 Å². The molecule has 0 bridgehead atoms. The van der Waals surface area contributed by atoms with Gasteiger partial charge in [0, 0.05) is 6.42 Å². The van der Waals surface area contributed by atoms with Crippen LogP contribution >= 0.6 is 0 Å². The summed E-state index contributed by atoms with van der Waals surface area (Å²) in [6.45, 7) is -1.29. The molecule has 1 heterocycles. The van der Waals surface area contributed by atoms with Crippen LogP contribution in [0.2, 0.25) is 0 Å². The molecule has 2 rings (SSSR count). The third-order valence-electron chi connectivity index (χ3n) is 4.11. The van der Waals surface area contributed by atoms with Crippen LogP contribution in [0.1, 0.15) is 12.0 Å². The van der Waals surface area contributed by atoms with Crippen molar-refractivity contribution in [3.63, 3.8) is 0 Å². The van der Waals surface area contributed by atoms with Crippen molar-refractivity contribution in [2.24, 2.45) is 0 Å². The molecule has 6 N–H and O–H groups in total. The third-order valence-corrected chi connectivity index (χ3v) is 4.11. The second-order valence-electron chi connectivity index (χ2n) is 5.93. The average Bonchev–Trinajstić information content (AvgIpc) is 2.62. The first-order chi connectivity index (χ1) is 11.4. The van der Waals surface area contributed by atoms with E-state index in [1.165, 1.54) is 0 Å². The molecule has 1 saturated heterocycles. The third kappa shape index (κ3) is 4.29. The Kier molecular flexibility index (Phi) is 6.67. The molecule has 1 aliphatic rings. The van der Waals surface area contributed by atoms with Gasteiger partial charge in [-0.05, 0) is 5.56 Å². The molecule has 0 saturated carbocycles. The minimum Gasteiger partial charge on any atom is -0.394 e. The molecule has 0 unspecified atom stereocenters. The molecule has 1 aromatic rings. The summed E-state index contributed by atoms with van der Waals surface area (Å²) in [7, 11) is 0. The lowest BCUT2D eigenvalue weighted by Gasteiger charge is -2.46. The van der Waals surface area contributed by atoms with Crippen molar-refractivity contribution >= 4 is 0 Å². The van der Waals surface area contributed by atoms with E-state index >= 15 is 0 Å². The van der Waals surface area contributed by atoms with E-state index in [4.69, 9.17) is 14.6 Å². The molecular weight excluding hydrogens is 320 g/mol. The van der Waals surface area contributed by atoms with E-state index < -0.39 is 49.5 Å². The Bertz CT molecular complexity index is 498. The van der Waals surface area contributed by atoms with Crippen molar-refractivity contribution in [1.82, 2.24) is 0 Å². The molecule has 6 atom stereocenters. The van der Waals surface area contributed by atoms with Crippen LogP contribution in [0.25, 0.3) is 0 Å². The molecule has 136 valence electrons. The quantitative estimate of drug-likeness (QED) is 0.338. The van der Waals surface area contributed by atoms with Gasteiger partial charge in [0.15, 0.2) is 5.79 Å². The maximum atomic E-state index is 10.0. The molecule has 1 fully saturated rings. The van der Waals surface area contributed by atoms with Gasteiger partial charge in [-0.2, -0.15) is 0 Å². The molecule has 8 nitrogen and oxygen atoms in total. The minimum absolute atomic E-state index is 0.0790. The van der Waals surface area contributed by atoms with E-state index in [2.05, 4.69) is 0 Å². The second kappa shape index (κ2) is 8.32. The summed E-state index contributed by atoms with van der Waals surface area (Å²) in [5.74, 6) is -1.64. The molecule has 0 amide bonds. The molecule has 0 aromatic heterocycles. The monoisotopic (exact) mass is 344 g/mol. The maximum absolute atomic E-state index is 10.0. The highest BCUT2D eigenvalue weighted by atomic mass is 16.7. The predicted octanol–water partition coefficient (Wildman–Crippen LogP) is -1.88. The fraction of sp³-hybridized carbons (Fsp3) is 0.625. The van der Waals surface area contributed by atoms with Gasteiger partial charge in [-0.25, -0.2) is 0 Å². The zero-order valence-corrected chi connectivity index (χ0v) is 13.1. The van der Waals surface area contributed by atoms with Crippen LogP contribution in [-0.4, -0.2) is 80.2 Å². The topological polar surface area (TPSA) is 140 Å². The number of hydrogen-bond donors (Lipinski definition) is 6. The molecular formula is C16H24O8. The first-order valence-corrected chi connectivity index (χ1v) is 7.72. The first-order valence-electron chi connectivity index (χ1n) is 7.72. The summed E-state index contributed by atoms with van der Waals surface area (Å²) in [6, 6.07) is 9.08. The van der Waals surface area contributed by atoms with Gasteiger partial charge in [0.05, 0.1) is 25.9 Å². The first kappa shape index (κ1) is 19.2. The minimum atomic E-state index is -1.66.